The molecule has 0 saturated carbocycles. The summed E-state index contributed by atoms with van der Waals surface area (Å²) in [5.41, 5.74) is 6.14. The van der Waals surface area contributed by atoms with Crippen molar-refractivity contribution in [2.75, 3.05) is 11.1 Å². The van der Waals surface area contributed by atoms with Crippen molar-refractivity contribution in [3.05, 3.63) is 21.8 Å². The van der Waals surface area contributed by atoms with E-state index in [4.69, 9.17) is 10.8 Å². The fourth-order valence-electron chi connectivity index (χ4n) is 1.64. The topological polar surface area (TPSA) is 104 Å². The lowest BCUT2D eigenvalue weighted by atomic mass is 9.86. The van der Waals surface area contributed by atoms with Crippen molar-refractivity contribution in [3.63, 3.8) is 0 Å². The Kier molecular flexibility index (Phi) is 5.21. The van der Waals surface area contributed by atoms with Gasteiger partial charge in [0.2, 0.25) is 5.91 Å². The van der Waals surface area contributed by atoms with Gasteiger partial charge in [0.1, 0.15) is 6.04 Å². The van der Waals surface area contributed by atoms with Crippen molar-refractivity contribution >= 4 is 46.0 Å². The van der Waals surface area contributed by atoms with Crippen LogP contribution < -0.4 is 16.4 Å². The molecular formula is C13H18IN3O3. The number of nitrogens with one attached hydrogen (secondary N) is 2. The lowest BCUT2D eigenvalue weighted by Crippen LogP contribution is -2.51. The molecule has 6 nitrogen and oxygen atoms in total. The van der Waals surface area contributed by atoms with E-state index in [2.05, 4.69) is 33.2 Å². The Balaban J connectivity index is 2.96. The van der Waals surface area contributed by atoms with Gasteiger partial charge >= 0.3 is 6.09 Å². The van der Waals surface area contributed by atoms with E-state index in [1.54, 1.807) is 32.9 Å². The molecule has 1 unspecified atom stereocenters. The number of rotatable bonds is 3. The van der Waals surface area contributed by atoms with E-state index in [1.807, 2.05) is 6.07 Å². The zero-order valence-corrected chi connectivity index (χ0v) is 13.7. The van der Waals surface area contributed by atoms with Gasteiger partial charge in [-0.15, -0.1) is 0 Å². The second-order valence-electron chi connectivity index (χ2n) is 5.47. The monoisotopic (exact) mass is 391 g/mol. The first-order valence-corrected chi connectivity index (χ1v) is 7.04. The highest BCUT2D eigenvalue weighted by Gasteiger charge is 2.33. The molecule has 0 aliphatic carbocycles. The van der Waals surface area contributed by atoms with Crippen molar-refractivity contribution in [3.8, 4) is 0 Å². The molecule has 0 aromatic heterocycles. The highest BCUT2D eigenvalue weighted by Crippen LogP contribution is 2.24. The van der Waals surface area contributed by atoms with E-state index >= 15 is 0 Å². The molecule has 20 heavy (non-hydrogen) atoms. The van der Waals surface area contributed by atoms with Crippen molar-refractivity contribution in [1.82, 2.24) is 5.32 Å². The molecule has 0 aliphatic heterocycles. The molecule has 110 valence electrons. The predicted octanol–water partition coefficient (Wildman–Crippen LogP) is 2.49. The number of hydrogen-bond donors (Lipinski definition) is 4. The minimum atomic E-state index is -1.24. The Morgan fingerprint density at radius 2 is 1.95 bits per heavy atom. The van der Waals surface area contributed by atoms with Crippen LogP contribution in [0, 0.1) is 8.99 Å². The maximum absolute atomic E-state index is 12.3. The van der Waals surface area contributed by atoms with Gasteiger partial charge in [0.05, 0.1) is 11.4 Å². The Bertz CT molecular complexity index is 526. The molecule has 1 aromatic carbocycles. The summed E-state index contributed by atoms with van der Waals surface area (Å²) >= 11 is 2.11. The van der Waals surface area contributed by atoms with Gasteiger partial charge in [-0.25, -0.2) is 4.79 Å². The summed E-state index contributed by atoms with van der Waals surface area (Å²) in [6, 6.07) is 4.36. The van der Waals surface area contributed by atoms with Crippen LogP contribution in [0.2, 0.25) is 0 Å². The van der Waals surface area contributed by atoms with Gasteiger partial charge in [-0.3, -0.25) is 4.79 Å². The van der Waals surface area contributed by atoms with Crippen LogP contribution in [-0.4, -0.2) is 23.1 Å². The highest BCUT2D eigenvalue weighted by molar-refractivity contribution is 14.1. The van der Waals surface area contributed by atoms with Crippen LogP contribution in [0.1, 0.15) is 20.8 Å². The highest BCUT2D eigenvalue weighted by atomic mass is 127. The number of halogens is 1. The van der Waals surface area contributed by atoms with Crippen LogP contribution in [0.4, 0.5) is 16.2 Å². The van der Waals surface area contributed by atoms with Crippen LogP contribution in [0.15, 0.2) is 18.2 Å². The summed E-state index contributed by atoms with van der Waals surface area (Å²) in [7, 11) is 0. The summed E-state index contributed by atoms with van der Waals surface area (Å²) in [6.07, 6.45) is -1.24. The van der Waals surface area contributed by atoms with Crippen LogP contribution >= 0.6 is 22.6 Å². The van der Waals surface area contributed by atoms with Gasteiger partial charge in [-0.05, 0) is 46.2 Å². The van der Waals surface area contributed by atoms with Crippen molar-refractivity contribution in [2.45, 2.75) is 26.8 Å². The predicted molar refractivity (Wildman–Crippen MR) is 86.6 cm³/mol. The summed E-state index contributed by atoms with van der Waals surface area (Å²) < 4.78 is 0.922. The van der Waals surface area contributed by atoms with E-state index in [1.165, 1.54) is 0 Å². The molecule has 1 aromatic rings. The SMILES string of the molecule is CC(C)(C)C(NC(=O)O)C(=O)Nc1cc(I)ccc1N. The molecule has 5 N–H and O–H groups in total. The lowest BCUT2D eigenvalue weighted by molar-refractivity contribution is -0.120. The summed E-state index contributed by atoms with van der Waals surface area (Å²) in [5.74, 6) is -0.436. The first-order chi connectivity index (χ1) is 9.11. The molecule has 1 atom stereocenters. The second kappa shape index (κ2) is 6.29. The fourth-order valence-corrected chi connectivity index (χ4v) is 2.13. The Morgan fingerprint density at radius 1 is 1.35 bits per heavy atom. The van der Waals surface area contributed by atoms with Gasteiger partial charge in [0, 0.05) is 3.57 Å². The Morgan fingerprint density at radius 3 is 2.45 bits per heavy atom. The number of carbonyl (C=O) groups is 2. The fraction of sp³-hybridized carbons (Fsp3) is 0.385. The van der Waals surface area contributed by atoms with Crippen LogP contribution in [-0.2, 0) is 4.79 Å². The molecular weight excluding hydrogens is 373 g/mol. The van der Waals surface area contributed by atoms with Crippen LogP contribution in [0.25, 0.3) is 0 Å². The van der Waals surface area contributed by atoms with Crippen molar-refractivity contribution in [2.24, 2.45) is 5.41 Å². The molecule has 0 spiro atoms. The average molecular weight is 391 g/mol. The summed E-state index contributed by atoms with van der Waals surface area (Å²) in [5, 5.41) is 13.7. The largest absolute Gasteiger partial charge is 0.465 e. The zero-order valence-electron chi connectivity index (χ0n) is 11.5. The standard InChI is InChI=1S/C13H18IN3O3/c1-13(2,3)10(17-12(19)20)11(18)16-9-6-7(14)4-5-8(9)15/h4-6,10,17H,15H2,1-3H3,(H,16,18)(H,19,20). The normalized spacial score (nSPS) is 12.6. The van der Waals surface area contributed by atoms with Crippen molar-refractivity contribution < 1.29 is 14.7 Å². The number of hydrogen-bond acceptors (Lipinski definition) is 3. The molecule has 2 amide bonds. The molecule has 0 fully saturated rings. The van der Waals surface area contributed by atoms with Crippen LogP contribution in [0.5, 0.6) is 0 Å². The molecule has 1 rings (SSSR count). The molecule has 0 aliphatic rings. The van der Waals surface area contributed by atoms with Gasteiger partial charge in [-0.1, -0.05) is 20.8 Å². The Hall–Kier alpha value is -1.51. The molecule has 7 heteroatoms. The van der Waals surface area contributed by atoms with Gasteiger partial charge < -0.3 is 21.5 Å². The number of nitrogens with two attached hydrogens (primary N) is 1. The third-order valence-electron chi connectivity index (χ3n) is 2.67. The van der Waals surface area contributed by atoms with Gasteiger partial charge in [-0.2, -0.15) is 0 Å². The van der Waals surface area contributed by atoms with E-state index < -0.39 is 23.5 Å². The molecule has 0 bridgehead atoms. The number of amides is 2. The van der Waals surface area contributed by atoms with E-state index in [-0.39, 0.29) is 0 Å². The van der Waals surface area contributed by atoms with E-state index in [0.29, 0.717) is 11.4 Å². The number of nitrogen functional groups attached to an aromatic ring is 1. The van der Waals surface area contributed by atoms with Crippen LogP contribution in [0.3, 0.4) is 0 Å². The molecule has 0 heterocycles. The lowest BCUT2D eigenvalue weighted by Gasteiger charge is -2.29. The smallest absolute Gasteiger partial charge is 0.405 e. The average Bonchev–Trinajstić information content (AvgIpc) is 2.29. The molecule has 0 saturated heterocycles. The third-order valence-corrected chi connectivity index (χ3v) is 3.34. The van der Waals surface area contributed by atoms with Gasteiger partial charge in [0.25, 0.3) is 0 Å². The number of benzene rings is 1. The first kappa shape index (κ1) is 16.5. The zero-order chi connectivity index (χ0) is 15.5. The number of anilines is 2. The maximum Gasteiger partial charge on any atom is 0.405 e. The Labute approximate surface area is 131 Å². The minimum absolute atomic E-state index is 0.432. The maximum atomic E-state index is 12.3. The van der Waals surface area contributed by atoms with Gasteiger partial charge in [0.15, 0.2) is 0 Å². The number of carbonyl (C=O) groups excluding carboxylic acids is 1. The summed E-state index contributed by atoms with van der Waals surface area (Å²) in [6.45, 7) is 5.35. The quantitative estimate of drug-likeness (QED) is 0.470. The number of carboxylic acid groups (broad SMARTS) is 1. The third kappa shape index (κ3) is 4.55. The van der Waals surface area contributed by atoms with Crippen molar-refractivity contribution in [1.29, 1.82) is 0 Å². The van der Waals surface area contributed by atoms with E-state index in [0.717, 1.165) is 3.57 Å². The summed E-state index contributed by atoms with van der Waals surface area (Å²) in [4.78, 5) is 23.1. The second-order valence-corrected chi connectivity index (χ2v) is 6.71. The minimum Gasteiger partial charge on any atom is -0.465 e. The molecule has 0 radical (unpaired) electrons. The first-order valence-electron chi connectivity index (χ1n) is 5.96. The van der Waals surface area contributed by atoms with E-state index in [9.17, 15) is 9.59 Å².